The summed E-state index contributed by atoms with van der Waals surface area (Å²) in [6, 6.07) is 10.2. The zero-order valence-electron chi connectivity index (χ0n) is 13.8. The van der Waals surface area contributed by atoms with Gasteiger partial charge in [0.25, 0.3) is 5.91 Å². The Morgan fingerprint density at radius 2 is 1.85 bits per heavy atom. The predicted molar refractivity (Wildman–Crippen MR) is 92.6 cm³/mol. The number of halogens is 2. The van der Waals surface area contributed by atoms with Gasteiger partial charge in [-0.3, -0.25) is 9.78 Å². The van der Waals surface area contributed by atoms with Crippen molar-refractivity contribution in [1.82, 2.24) is 15.0 Å². The number of aryl methyl sites for hydroxylation is 1. The quantitative estimate of drug-likeness (QED) is 0.734. The van der Waals surface area contributed by atoms with E-state index in [1.807, 2.05) is 12.1 Å². The van der Waals surface area contributed by atoms with Gasteiger partial charge in [-0.05, 0) is 37.3 Å². The van der Waals surface area contributed by atoms with Crippen LogP contribution in [0.1, 0.15) is 21.9 Å². The van der Waals surface area contributed by atoms with Gasteiger partial charge >= 0.3 is 0 Å². The smallest absolute Gasteiger partial charge is 0.274 e. The van der Waals surface area contributed by atoms with Crippen molar-refractivity contribution < 1.29 is 13.6 Å². The number of para-hydroxylation sites is 1. The zero-order valence-corrected chi connectivity index (χ0v) is 13.8. The molecule has 3 rings (SSSR count). The SMILES string of the molecule is Cc1cc(C(=O)Nc2c(F)cccc2F)nc(NCc2ccccn2)n1. The van der Waals surface area contributed by atoms with Crippen LogP contribution in [-0.2, 0) is 6.54 Å². The maximum Gasteiger partial charge on any atom is 0.274 e. The molecule has 2 N–H and O–H groups in total. The fourth-order valence-electron chi connectivity index (χ4n) is 2.23. The highest BCUT2D eigenvalue weighted by Gasteiger charge is 2.16. The molecule has 0 bridgehead atoms. The molecule has 132 valence electrons. The first kappa shape index (κ1) is 17.4. The molecule has 2 aromatic heterocycles. The predicted octanol–water partition coefficient (Wildman–Crippen LogP) is 3.32. The molecule has 1 aromatic carbocycles. The van der Waals surface area contributed by atoms with Crippen molar-refractivity contribution >= 4 is 17.5 Å². The van der Waals surface area contributed by atoms with Crippen LogP contribution in [0.4, 0.5) is 20.4 Å². The van der Waals surface area contributed by atoms with E-state index in [4.69, 9.17) is 0 Å². The summed E-state index contributed by atoms with van der Waals surface area (Å²) in [5, 5.41) is 5.17. The molecule has 2 heterocycles. The standard InChI is InChI=1S/C18H15F2N5O/c1-11-9-15(17(26)25-16-13(19)6-4-7-14(16)20)24-18(23-11)22-10-12-5-2-3-8-21-12/h2-9H,10H2,1H3,(H,25,26)(H,22,23,24). The van der Waals surface area contributed by atoms with Gasteiger partial charge in [0.15, 0.2) is 0 Å². The molecule has 0 spiro atoms. The van der Waals surface area contributed by atoms with Crippen molar-refractivity contribution in [3.05, 3.63) is 77.4 Å². The molecule has 0 fully saturated rings. The summed E-state index contributed by atoms with van der Waals surface area (Å²) in [6.07, 6.45) is 1.66. The number of amides is 1. The number of nitrogens with one attached hydrogen (secondary N) is 2. The lowest BCUT2D eigenvalue weighted by Crippen LogP contribution is -2.17. The lowest BCUT2D eigenvalue weighted by Gasteiger charge is -2.09. The average Bonchev–Trinajstić information content (AvgIpc) is 2.63. The molecule has 1 amide bonds. The number of hydrogen-bond donors (Lipinski definition) is 2. The first-order chi connectivity index (χ1) is 12.5. The number of carbonyl (C=O) groups excluding carboxylic acids is 1. The second-order valence-electron chi connectivity index (χ2n) is 5.44. The summed E-state index contributed by atoms with van der Waals surface area (Å²) < 4.78 is 27.4. The van der Waals surface area contributed by atoms with E-state index >= 15 is 0 Å². The first-order valence-electron chi connectivity index (χ1n) is 7.78. The lowest BCUT2D eigenvalue weighted by atomic mass is 10.2. The van der Waals surface area contributed by atoms with Gasteiger partial charge in [0.1, 0.15) is 23.0 Å². The van der Waals surface area contributed by atoms with Crippen molar-refractivity contribution in [1.29, 1.82) is 0 Å². The van der Waals surface area contributed by atoms with Gasteiger partial charge in [-0.25, -0.2) is 18.7 Å². The highest BCUT2D eigenvalue weighted by Crippen LogP contribution is 2.19. The second kappa shape index (κ2) is 7.64. The molecule has 26 heavy (non-hydrogen) atoms. The number of hydrogen-bond acceptors (Lipinski definition) is 5. The Bertz CT molecular complexity index is 914. The zero-order chi connectivity index (χ0) is 18.5. The second-order valence-corrected chi connectivity index (χ2v) is 5.44. The van der Waals surface area contributed by atoms with Crippen LogP contribution < -0.4 is 10.6 Å². The van der Waals surface area contributed by atoms with Crippen LogP contribution in [0.2, 0.25) is 0 Å². The van der Waals surface area contributed by atoms with E-state index < -0.39 is 23.2 Å². The van der Waals surface area contributed by atoms with Crippen LogP contribution in [0.25, 0.3) is 0 Å². The fraction of sp³-hybridized carbons (Fsp3) is 0.111. The molecule has 0 saturated carbocycles. The van der Waals surface area contributed by atoms with Gasteiger partial charge < -0.3 is 10.6 Å². The van der Waals surface area contributed by atoms with E-state index in [-0.39, 0.29) is 11.6 Å². The summed E-state index contributed by atoms with van der Waals surface area (Å²) in [5.41, 5.74) is 0.778. The van der Waals surface area contributed by atoms with Crippen LogP contribution in [0.15, 0.2) is 48.7 Å². The van der Waals surface area contributed by atoms with Crippen molar-refractivity contribution in [3.8, 4) is 0 Å². The summed E-state index contributed by atoms with van der Waals surface area (Å²) in [5.74, 6) is -2.24. The molecule has 0 atom stereocenters. The monoisotopic (exact) mass is 355 g/mol. The number of rotatable bonds is 5. The van der Waals surface area contributed by atoms with Crippen LogP contribution in [0.5, 0.6) is 0 Å². The van der Waals surface area contributed by atoms with Gasteiger partial charge in [-0.15, -0.1) is 0 Å². The molecule has 3 aromatic rings. The molecule has 0 radical (unpaired) electrons. The molecular formula is C18H15F2N5O. The van der Waals surface area contributed by atoms with Crippen molar-refractivity contribution in [2.75, 3.05) is 10.6 Å². The molecular weight excluding hydrogens is 340 g/mol. The average molecular weight is 355 g/mol. The molecule has 6 nitrogen and oxygen atoms in total. The number of pyridine rings is 1. The summed E-state index contributed by atoms with van der Waals surface area (Å²) >= 11 is 0. The van der Waals surface area contributed by atoms with Crippen molar-refractivity contribution in [2.24, 2.45) is 0 Å². The molecule has 0 aliphatic carbocycles. The van der Waals surface area contributed by atoms with Crippen LogP contribution >= 0.6 is 0 Å². The van der Waals surface area contributed by atoms with Crippen molar-refractivity contribution in [3.63, 3.8) is 0 Å². The Morgan fingerprint density at radius 1 is 1.08 bits per heavy atom. The minimum absolute atomic E-state index is 0.0105. The molecule has 0 aliphatic heterocycles. The summed E-state index contributed by atoms with van der Waals surface area (Å²) in [4.78, 5) is 24.8. The highest BCUT2D eigenvalue weighted by molar-refractivity contribution is 6.03. The van der Waals surface area contributed by atoms with Crippen LogP contribution in [0.3, 0.4) is 0 Å². The normalized spacial score (nSPS) is 10.4. The van der Waals surface area contributed by atoms with E-state index in [1.54, 1.807) is 19.2 Å². The van der Waals surface area contributed by atoms with Crippen LogP contribution in [0, 0.1) is 18.6 Å². The van der Waals surface area contributed by atoms with Crippen LogP contribution in [-0.4, -0.2) is 20.9 Å². The van der Waals surface area contributed by atoms with E-state index in [9.17, 15) is 13.6 Å². The van der Waals surface area contributed by atoms with E-state index in [1.165, 1.54) is 12.1 Å². The largest absolute Gasteiger partial charge is 0.349 e. The lowest BCUT2D eigenvalue weighted by molar-refractivity contribution is 0.102. The topological polar surface area (TPSA) is 79.8 Å². The molecule has 0 saturated heterocycles. The van der Waals surface area contributed by atoms with E-state index in [0.717, 1.165) is 17.8 Å². The maximum absolute atomic E-state index is 13.7. The fourth-order valence-corrected chi connectivity index (χ4v) is 2.23. The minimum Gasteiger partial charge on any atom is -0.349 e. The number of aromatic nitrogens is 3. The third kappa shape index (κ3) is 4.15. The van der Waals surface area contributed by atoms with Gasteiger partial charge in [0.2, 0.25) is 5.95 Å². The number of benzene rings is 1. The van der Waals surface area contributed by atoms with Gasteiger partial charge in [-0.1, -0.05) is 12.1 Å². The molecule has 0 aliphatic rings. The van der Waals surface area contributed by atoms with E-state index in [2.05, 4.69) is 25.6 Å². The first-order valence-corrected chi connectivity index (χ1v) is 7.78. The minimum atomic E-state index is -0.863. The summed E-state index contributed by atoms with van der Waals surface area (Å²) in [6.45, 7) is 2.06. The highest BCUT2D eigenvalue weighted by atomic mass is 19.1. The Hall–Kier alpha value is -3.42. The third-order valence-electron chi connectivity index (χ3n) is 3.44. The maximum atomic E-state index is 13.7. The van der Waals surface area contributed by atoms with Gasteiger partial charge in [-0.2, -0.15) is 0 Å². The number of nitrogens with zero attached hydrogens (tertiary/aromatic N) is 3. The number of carbonyl (C=O) groups is 1. The number of anilines is 2. The third-order valence-corrected chi connectivity index (χ3v) is 3.44. The Morgan fingerprint density at radius 3 is 2.54 bits per heavy atom. The Labute approximate surface area is 148 Å². The van der Waals surface area contributed by atoms with E-state index in [0.29, 0.717) is 12.2 Å². The molecule has 0 unspecified atom stereocenters. The Kier molecular flexibility index (Phi) is 5.12. The van der Waals surface area contributed by atoms with Crippen molar-refractivity contribution in [2.45, 2.75) is 13.5 Å². The Balaban J connectivity index is 1.77. The summed E-state index contributed by atoms with van der Waals surface area (Å²) in [7, 11) is 0. The van der Waals surface area contributed by atoms with Gasteiger partial charge in [0, 0.05) is 11.9 Å². The molecule has 8 heteroatoms. The van der Waals surface area contributed by atoms with Gasteiger partial charge in [0.05, 0.1) is 12.2 Å².